The van der Waals surface area contributed by atoms with E-state index < -0.39 is 12.0 Å². The van der Waals surface area contributed by atoms with Gasteiger partial charge in [0.25, 0.3) is 0 Å². The third-order valence-corrected chi connectivity index (χ3v) is 6.67. The van der Waals surface area contributed by atoms with Crippen LogP contribution in [0.4, 0.5) is 11.8 Å². The van der Waals surface area contributed by atoms with Gasteiger partial charge in [0.05, 0.1) is 41.5 Å². The van der Waals surface area contributed by atoms with Crippen LogP contribution in [0.5, 0.6) is 0 Å². The number of hydrogen-bond acceptors (Lipinski definition) is 9. The number of aliphatic carboxylic acids is 1. The molecule has 1 atom stereocenters. The van der Waals surface area contributed by atoms with Gasteiger partial charge in [0.15, 0.2) is 0 Å². The summed E-state index contributed by atoms with van der Waals surface area (Å²) in [4.78, 5) is 27.5. The van der Waals surface area contributed by atoms with Crippen LogP contribution in [0.25, 0.3) is 22.6 Å². The van der Waals surface area contributed by atoms with Crippen LogP contribution in [-0.4, -0.2) is 59.7 Å². The van der Waals surface area contributed by atoms with E-state index in [0.717, 1.165) is 30.5 Å². The molecule has 0 spiro atoms. The molecule has 11 nitrogen and oxygen atoms in total. The van der Waals surface area contributed by atoms with Crippen molar-refractivity contribution in [2.75, 3.05) is 16.8 Å². The number of nitriles is 1. The van der Waals surface area contributed by atoms with Crippen LogP contribution in [-0.2, 0) is 11.3 Å². The molecule has 4 heterocycles. The molecule has 1 saturated heterocycles. The Morgan fingerprint density at radius 2 is 1.89 bits per heavy atom. The smallest absolute Gasteiger partial charge is 0.326 e. The Bertz CT molecular complexity index is 1540. The fourth-order valence-corrected chi connectivity index (χ4v) is 4.62. The zero-order valence-corrected chi connectivity index (χ0v) is 20.5. The summed E-state index contributed by atoms with van der Waals surface area (Å²) < 4.78 is 1.69. The molecule has 38 heavy (non-hydrogen) atoms. The second-order valence-electron chi connectivity index (χ2n) is 9.55. The third-order valence-electron chi connectivity index (χ3n) is 6.67. The van der Waals surface area contributed by atoms with Gasteiger partial charge in [-0.15, -0.1) is 5.10 Å². The van der Waals surface area contributed by atoms with E-state index in [-0.39, 0.29) is 0 Å². The molecule has 0 bridgehead atoms. The Morgan fingerprint density at radius 3 is 2.71 bits per heavy atom. The first-order valence-corrected chi connectivity index (χ1v) is 12.6. The Hall–Kier alpha value is -4.85. The van der Waals surface area contributed by atoms with Crippen molar-refractivity contribution >= 4 is 17.7 Å². The first-order chi connectivity index (χ1) is 18.6. The van der Waals surface area contributed by atoms with Gasteiger partial charge in [0.1, 0.15) is 17.6 Å². The SMILES string of the molecule is N#Cc1cccc(-c2cc(-c3cn(Cc4cccc(N5CCC[C@@H]5C(=O)O)n4)nn3)nc(NC3CC3)n2)c1. The fraction of sp³-hybridized carbons (Fsp3) is 0.296. The number of hydrogen-bond donors (Lipinski definition) is 2. The molecule has 2 aliphatic rings. The van der Waals surface area contributed by atoms with E-state index in [0.29, 0.717) is 60.0 Å². The number of nitrogens with zero attached hydrogens (tertiary/aromatic N) is 8. The largest absolute Gasteiger partial charge is 0.480 e. The average molecular weight is 508 g/mol. The lowest BCUT2D eigenvalue weighted by atomic mass is 10.1. The Morgan fingerprint density at radius 1 is 1.05 bits per heavy atom. The maximum Gasteiger partial charge on any atom is 0.326 e. The predicted octanol–water partition coefficient (Wildman–Crippen LogP) is 3.34. The van der Waals surface area contributed by atoms with E-state index >= 15 is 0 Å². The van der Waals surface area contributed by atoms with Crippen molar-refractivity contribution in [2.45, 2.75) is 44.3 Å². The van der Waals surface area contributed by atoms with Crippen molar-refractivity contribution in [1.29, 1.82) is 5.26 Å². The van der Waals surface area contributed by atoms with E-state index in [4.69, 9.17) is 4.98 Å². The zero-order chi connectivity index (χ0) is 26.1. The highest BCUT2D eigenvalue weighted by Gasteiger charge is 2.31. The lowest BCUT2D eigenvalue weighted by Crippen LogP contribution is -2.36. The molecule has 6 rings (SSSR count). The summed E-state index contributed by atoms with van der Waals surface area (Å²) in [7, 11) is 0. The maximum absolute atomic E-state index is 11.6. The molecule has 2 N–H and O–H groups in total. The molecule has 3 aromatic heterocycles. The topological polar surface area (TPSA) is 146 Å². The highest BCUT2D eigenvalue weighted by Crippen LogP contribution is 2.28. The summed E-state index contributed by atoms with van der Waals surface area (Å²) in [6.45, 7) is 1.05. The van der Waals surface area contributed by atoms with Crippen LogP contribution in [0.1, 0.15) is 36.9 Å². The van der Waals surface area contributed by atoms with Gasteiger partial charge in [-0.05, 0) is 56.0 Å². The maximum atomic E-state index is 11.6. The average Bonchev–Trinajstić information content (AvgIpc) is 3.39. The number of rotatable bonds is 8. The first kappa shape index (κ1) is 23.5. The Labute approximate surface area is 218 Å². The first-order valence-electron chi connectivity index (χ1n) is 12.6. The molecule has 0 amide bonds. The quantitative estimate of drug-likeness (QED) is 0.364. The predicted molar refractivity (Wildman–Crippen MR) is 139 cm³/mol. The molecular weight excluding hydrogens is 482 g/mol. The van der Waals surface area contributed by atoms with Crippen LogP contribution in [0.2, 0.25) is 0 Å². The van der Waals surface area contributed by atoms with Crippen molar-refractivity contribution in [3.8, 4) is 28.7 Å². The minimum atomic E-state index is -0.824. The molecule has 1 saturated carbocycles. The summed E-state index contributed by atoms with van der Waals surface area (Å²) in [5.41, 5.74) is 4.03. The second kappa shape index (κ2) is 9.89. The van der Waals surface area contributed by atoms with Crippen molar-refractivity contribution in [3.05, 3.63) is 66.0 Å². The molecule has 190 valence electrons. The van der Waals surface area contributed by atoms with Gasteiger partial charge < -0.3 is 15.3 Å². The molecular formula is C27H25N9O2. The Kier molecular flexibility index (Phi) is 6.13. The van der Waals surface area contributed by atoms with Crippen molar-refractivity contribution in [3.63, 3.8) is 0 Å². The molecule has 1 aliphatic carbocycles. The lowest BCUT2D eigenvalue weighted by Gasteiger charge is -2.22. The zero-order valence-electron chi connectivity index (χ0n) is 20.5. The lowest BCUT2D eigenvalue weighted by molar-refractivity contribution is -0.138. The molecule has 0 unspecified atom stereocenters. The summed E-state index contributed by atoms with van der Waals surface area (Å²) >= 11 is 0. The molecule has 1 aromatic carbocycles. The summed E-state index contributed by atoms with van der Waals surface area (Å²) in [5.74, 6) is 0.350. The van der Waals surface area contributed by atoms with Crippen LogP contribution in [0.15, 0.2) is 54.7 Å². The monoisotopic (exact) mass is 507 g/mol. The molecule has 11 heteroatoms. The standard InChI is InChI=1S/C27H25N9O2/c28-14-17-4-1-5-18(12-17)21-13-22(32-27(31-21)30-19-9-10-19)23-16-35(34-33-23)15-20-6-2-8-25(29-20)36-11-3-7-24(36)26(37)38/h1-2,4-6,8,12-13,16,19,24H,3,7,9-11,15H2,(H,37,38)(H,30,31,32)/t24-/m1/s1. The number of anilines is 2. The summed E-state index contributed by atoms with van der Waals surface area (Å²) in [5, 5.41) is 30.8. The molecule has 2 fully saturated rings. The number of carboxylic acid groups (broad SMARTS) is 1. The highest BCUT2D eigenvalue weighted by molar-refractivity contribution is 5.78. The van der Waals surface area contributed by atoms with Gasteiger partial charge in [-0.1, -0.05) is 23.4 Å². The van der Waals surface area contributed by atoms with Crippen molar-refractivity contribution < 1.29 is 9.90 Å². The summed E-state index contributed by atoms with van der Waals surface area (Å²) in [6, 6.07) is 16.8. The van der Waals surface area contributed by atoms with Gasteiger partial charge in [0.2, 0.25) is 5.95 Å². The van der Waals surface area contributed by atoms with Crippen molar-refractivity contribution in [2.24, 2.45) is 0 Å². The van der Waals surface area contributed by atoms with Gasteiger partial charge in [-0.2, -0.15) is 5.26 Å². The van der Waals surface area contributed by atoms with E-state index in [1.54, 1.807) is 16.8 Å². The van der Waals surface area contributed by atoms with Gasteiger partial charge in [0, 0.05) is 18.2 Å². The number of carbonyl (C=O) groups is 1. The van der Waals surface area contributed by atoms with Crippen LogP contribution in [0, 0.1) is 11.3 Å². The number of carboxylic acids is 1. The Balaban J connectivity index is 1.27. The molecule has 4 aromatic rings. The molecule has 1 aliphatic heterocycles. The van der Waals surface area contributed by atoms with E-state index in [9.17, 15) is 15.2 Å². The minimum Gasteiger partial charge on any atom is -0.480 e. The second-order valence-corrected chi connectivity index (χ2v) is 9.55. The van der Waals surface area contributed by atoms with E-state index in [1.807, 2.05) is 47.5 Å². The van der Waals surface area contributed by atoms with E-state index in [2.05, 4.69) is 31.7 Å². The number of pyridine rings is 1. The fourth-order valence-electron chi connectivity index (χ4n) is 4.62. The number of nitrogens with one attached hydrogen (secondary N) is 1. The van der Waals surface area contributed by atoms with Crippen LogP contribution >= 0.6 is 0 Å². The van der Waals surface area contributed by atoms with Gasteiger partial charge in [-0.25, -0.2) is 24.4 Å². The van der Waals surface area contributed by atoms with Crippen molar-refractivity contribution in [1.82, 2.24) is 29.9 Å². The van der Waals surface area contributed by atoms with Crippen LogP contribution in [0.3, 0.4) is 0 Å². The third kappa shape index (κ3) is 5.01. The van der Waals surface area contributed by atoms with Gasteiger partial charge >= 0.3 is 5.97 Å². The van der Waals surface area contributed by atoms with E-state index in [1.165, 1.54) is 0 Å². The number of aromatic nitrogens is 6. The number of benzene rings is 1. The van der Waals surface area contributed by atoms with Gasteiger partial charge in [-0.3, -0.25) is 0 Å². The minimum absolute atomic E-state index is 0.369. The molecule has 0 radical (unpaired) electrons. The summed E-state index contributed by atoms with van der Waals surface area (Å²) in [6.07, 6.45) is 5.42. The highest BCUT2D eigenvalue weighted by atomic mass is 16.4. The van der Waals surface area contributed by atoms with Crippen LogP contribution < -0.4 is 10.2 Å². The normalized spacial score (nSPS) is 16.8.